The SMILES string of the molecule is C=CC(=O)Nc1ccc(C#N)c(C(F)(F)F)c1. The molecule has 0 fully saturated rings. The zero-order chi connectivity index (χ0) is 13.1. The van der Waals surface area contributed by atoms with Crippen molar-refractivity contribution in [2.75, 3.05) is 5.32 Å². The molecule has 1 N–H and O–H groups in total. The molecule has 0 radical (unpaired) electrons. The molecule has 0 aliphatic heterocycles. The van der Waals surface area contributed by atoms with Crippen LogP contribution >= 0.6 is 0 Å². The van der Waals surface area contributed by atoms with Gasteiger partial charge in [-0.25, -0.2) is 0 Å². The Bertz CT molecular complexity index is 500. The van der Waals surface area contributed by atoms with Crippen molar-refractivity contribution in [1.82, 2.24) is 0 Å². The average Bonchev–Trinajstić information content (AvgIpc) is 2.27. The van der Waals surface area contributed by atoms with Gasteiger partial charge in [0, 0.05) is 5.69 Å². The fraction of sp³-hybridized carbons (Fsp3) is 0.0909. The van der Waals surface area contributed by atoms with Crippen LogP contribution in [0.3, 0.4) is 0 Å². The zero-order valence-electron chi connectivity index (χ0n) is 8.51. The van der Waals surface area contributed by atoms with Crippen molar-refractivity contribution in [2.45, 2.75) is 6.18 Å². The fourth-order valence-corrected chi connectivity index (χ4v) is 1.15. The van der Waals surface area contributed by atoms with E-state index in [-0.39, 0.29) is 5.69 Å². The number of amides is 1. The number of carbonyl (C=O) groups excluding carboxylic acids is 1. The molecule has 17 heavy (non-hydrogen) atoms. The third-order valence-electron chi connectivity index (χ3n) is 1.90. The predicted molar refractivity (Wildman–Crippen MR) is 55.0 cm³/mol. The molecule has 0 spiro atoms. The van der Waals surface area contributed by atoms with Gasteiger partial charge in [-0.3, -0.25) is 4.79 Å². The van der Waals surface area contributed by atoms with Crippen LogP contribution in [0, 0.1) is 11.3 Å². The van der Waals surface area contributed by atoms with E-state index < -0.39 is 23.2 Å². The van der Waals surface area contributed by atoms with E-state index in [9.17, 15) is 18.0 Å². The number of rotatable bonds is 2. The smallest absolute Gasteiger partial charge is 0.323 e. The van der Waals surface area contributed by atoms with Crippen molar-refractivity contribution in [3.05, 3.63) is 42.0 Å². The van der Waals surface area contributed by atoms with Crippen molar-refractivity contribution in [1.29, 1.82) is 5.26 Å². The van der Waals surface area contributed by atoms with Crippen molar-refractivity contribution < 1.29 is 18.0 Å². The Hall–Kier alpha value is -2.29. The molecule has 0 saturated carbocycles. The quantitative estimate of drug-likeness (QED) is 0.808. The fourth-order valence-electron chi connectivity index (χ4n) is 1.15. The second-order valence-electron chi connectivity index (χ2n) is 3.06. The van der Waals surface area contributed by atoms with Gasteiger partial charge in [0.2, 0.25) is 5.91 Å². The molecule has 0 aliphatic carbocycles. The molecule has 1 aromatic carbocycles. The molecule has 0 bridgehead atoms. The van der Waals surface area contributed by atoms with Crippen molar-refractivity contribution in [3.63, 3.8) is 0 Å². The summed E-state index contributed by atoms with van der Waals surface area (Å²) in [6.07, 6.45) is -3.70. The molecule has 0 unspecified atom stereocenters. The van der Waals surface area contributed by atoms with Gasteiger partial charge in [0.25, 0.3) is 0 Å². The summed E-state index contributed by atoms with van der Waals surface area (Å²) in [4.78, 5) is 10.9. The Kier molecular flexibility index (Phi) is 3.53. The van der Waals surface area contributed by atoms with Crippen molar-refractivity contribution >= 4 is 11.6 Å². The maximum absolute atomic E-state index is 12.6. The summed E-state index contributed by atoms with van der Waals surface area (Å²) in [6, 6.07) is 4.37. The molecule has 0 saturated heterocycles. The minimum absolute atomic E-state index is 0.0405. The van der Waals surface area contributed by atoms with E-state index in [0.29, 0.717) is 6.07 Å². The highest BCUT2D eigenvalue weighted by atomic mass is 19.4. The molecule has 0 heterocycles. The maximum Gasteiger partial charge on any atom is 0.417 e. The molecule has 1 rings (SSSR count). The third kappa shape index (κ3) is 3.08. The van der Waals surface area contributed by atoms with E-state index in [4.69, 9.17) is 5.26 Å². The first kappa shape index (κ1) is 12.8. The Morgan fingerprint density at radius 1 is 1.47 bits per heavy atom. The van der Waals surface area contributed by atoms with Gasteiger partial charge in [-0.1, -0.05) is 6.58 Å². The van der Waals surface area contributed by atoms with Gasteiger partial charge in [-0.2, -0.15) is 18.4 Å². The van der Waals surface area contributed by atoms with Gasteiger partial charge in [0.15, 0.2) is 0 Å². The highest BCUT2D eigenvalue weighted by molar-refractivity contribution is 5.98. The third-order valence-corrected chi connectivity index (χ3v) is 1.90. The summed E-state index contributed by atoms with van der Waals surface area (Å²) in [6.45, 7) is 3.18. The van der Waals surface area contributed by atoms with E-state index in [2.05, 4.69) is 11.9 Å². The van der Waals surface area contributed by atoms with E-state index in [1.165, 1.54) is 12.1 Å². The summed E-state index contributed by atoms with van der Waals surface area (Å²) in [5, 5.41) is 10.7. The molecule has 88 valence electrons. The highest BCUT2D eigenvalue weighted by Gasteiger charge is 2.33. The summed E-state index contributed by atoms with van der Waals surface area (Å²) in [7, 11) is 0. The van der Waals surface area contributed by atoms with E-state index in [1.807, 2.05) is 0 Å². The Morgan fingerprint density at radius 2 is 2.12 bits per heavy atom. The van der Waals surface area contributed by atoms with Gasteiger partial charge in [0.05, 0.1) is 17.2 Å². The van der Waals surface area contributed by atoms with Crippen LogP contribution in [0.5, 0.6) is 0 Å². The number of nitriles is 1. The van der Waals surface area contributed by atoms with E-state index in [1.54, 1.807) is 0 Å². The van der Waals surface area contributed by atoms with Crippen LogP contribution in [-0.2, 0) is 11.0 Å². The standard InChI is InChI=1S/C11H7F3N2O/c1-2-10(17)16-8-4-3-7(6-15)9(5-8)11(12,13)14/h2-5H,1H2,(H,16,17). The second-order valence-corrected chi connectivity index (χ2v) is 3.06. The number of anilines is 1. The summed E-state index contributed by atoms with van der Waals surface area (Å²) < 4.78 is 37.7. The van der Waals surface area contributed by atoms with E-state index in [0.717, 1.165) is 12.1 Å². The molecule has 1 amide bonds. The molecule has 6 heteroatoms. The Balaban J connectivity index is 3.19. The first-order valence-electron chi connectivity index (χ1n) is 4.43. The molecule has 1 aromatic rings. The Morgan fingerprint density at radius 3 is 2.59 bits per heavy atom. The lowest BCUT2D eigenvalue weighted by Crippen LogP contribution is -2.11. The van der Waals surface area contributed by atoms with Crippen LogP contribution in [-0.4, -0.2) is 5.91 Å². The molecule has 0 aliphatic rings. The summed E-state index contributed by atoms with van der Waals surface area (Å²) >= 11 is 0. The van der Waals surface area contributed by atoms with Crippen LogP contribution in [0.4, 0.5) is 18.9 Å². The van der Waals surface area contributed by atoms with Gasteiger partial charge in [-0.05, 0) is 24.3 Å². The average molecular weight is 240 g/mol. The minimum Gasteiger partial charge on any atom is -0.323 e. The predicted octanol–water partition coefficient (Wildman–Crippen LogP) is 2.70. The van der Waals surface area contributed by atoms with Crippen LogP contribution < -0.4 is 5.32 Å². The van der Waals surface area contributed by atoms with Crippen LogP contribution in [0.1, 0.15) is 11.1 Å². The second kappa shape index (κ2) is 4.70. The number of alkyl halides is 3. The largest absolute Gasteiger partial charge is 0.417 e. The number of carbonyl (C=O) groups is 1. The summed E-state index contributed by atoms with van der Waals surface area (Å²) in [5.74, 6) is -0.622. The zero-order valence-corrected chi connectivity index (χ0v) is 8.51. The molecular weight excluding hydrogens is 233 g/mol. The lowest BCUT2D eigenvalue weighted by Gasteiger charge is -2.10. The number of halogens is 3. The normalized spacial score (nSPS) is 10.5. The highest BCUT2D eigenvalue weighted by Crippen LogP contribution is 2.33. The van der Waals surface area contributed by atoms with Gasteiger partial charge in [0.1, 0.15) is 0 Å². The minimum atomic E-state index is -4.64. The first-order chi connectivity index (χ1) is 7.88. The first-order valence-corrected chi connectivity index (χ1v) is 4.43. The van der Waals surface area contributed by atoms with Gasteiger partial charge < -0.3 is 5.32 Å². The lowest BCUT2D eigenvalue weighted by molar-refractivity contribution is -0.137. The van der Waals surface area contributed by atoms with E-state index >= 15 is 0 Å². The molecule has 0 aromatic heterocycles. The lowest BCUT2D eigenvalue weighted by atomic mass is 10.1. The van der Waals surface area contributed by atoms with Crippen LogP contribution in [0.15, 0.2) is 30.9 Å². The number of nitrogens with zero attached hydrogens (tertiary/aromatic N) is 1. The summed E-state index contributed by atoms with van der Waals surface area (Å²) in [5.41, 5.74) is -1.61. The number of benzene rings is 1. The molecule has 0 atom stereocenters. The maximum atomic E-state index is 12.6. The molecule has 3 nitrogen and oxygen atoms in total. The number of hydrogen-bond acceptors (Lipinski definition) is 2. The van der Waals surface area contributed by atoms with Crippen LogP contribution in [0.2, 0.25) is 0 Å². The van der Waals surface area contributed by atoms with Crippen molar-refractivity contribution in [2.24, 2.45) is 0 Å². The molecular formula is C11H7F3N2O. The van der Waals surface area contributed by atoms with Gasteiger partial charge >= 0.3 is 6.18 Å². The van der Waals surface area contributed by atoms with Crippen LogP contribution in [0.25, 0.3) is 0 Å². The number of hydrogen-bond donors (Lipinski definition) is 1. The number of nitrogens with one attached hydrogen (secondary N) is 1. The monoisotopic (exact) mass is 240 g/mol. The van der Waals surface area contributed by atoms with Crippen molar-refractivity contribution in [3.8, 4) is 6.07 Å². The topological polar surface area (TPSA) is 52.9 Å². The Labute approximate surface area is 95.2 Å². The van der Waals surface area contributed by atoms with Gasteiger partial charge in [-0.15, -0.1) is 0 Å².